The maximum Gasteiger partial charge on any atom is 0.270 e. The van der Waals surface area contributed by atoms with Crippen molar-refractivity contribution in [3.8, 4) is 0 Å². The van der Waals surface area contributed by atoms with Crippen LogP contribution in [0.15, 0.2) is 54.7 Å². The van der Waals surface area contributed by atoms with Gasteiger partial charge in [-0.1, -0.05) is 32.1 Å². The van der Waals surface area contributed by atoms with E-state index in [0.717, 1.165) is 38.8 Å². The number of nitrogens with one attached hydrogen (secondary N) is 3. The lowest BCUT2D eigenvalue weighted by molar-refractivity contribution is -0.128. The molecule has 2 fully saturated rings. The van der Waals surface area contributed by atoms with Crippen molar-refractivity contribution in [2.45, 2.75) is 51.6 Å². The van der Waals surface area contributed by atoms with Gasteiger partial charge in [0.15, 0.2) is 0 Å². The molecule has 0 spiro atoms. The predicted octanol–water partition coefficient (Wildman–Crippen LogP) is 3.24. The van der Waals surface area contributed by atoms with Crippen LogP contribution < -0.4 is 16.4 Å². The van der Waals surface area contributed by atoms with Gasteiger partial charge in [0.2, 0.25) is 0 Å². The Balaban J connectivity index is 1.73. The van der Waals surface area contributed by atoms with E-state index in [1.807, 2.05) is 9.47 Å². The van der Waals surface area contributed by atoms with Gasteiger partial charge in [0.1, 0.15) is 23.2 Å². The fraction of sp³-hybridized carbons (Fsp3) is 0.483. The standard InChI is InChI=1S/C29H44N8O2/c1-7-22(28(38)36-16-14-35(15-17-36)20(2)3)12-13-26(31)32-21(4)33-27-23(19-30)18-25(29(39)34(5)6)37(27)24-10-8-9-11-24/h7,12-13,18-20,24,30,32-33H,1,4,8-11,14-17,31H2,2-3,5-6H3/b22-12+,26-13+,30-19?. The quantitative estimate of drug-likeness (QED) is 0.196. The summed E-state index contributed by atoms with van der Waals surface area (Å²) in [6.45, 7) is 15.2. The molecule has 2 amide bonds. The van der Waals surface area contributed by atoms with Gasteiger partial charge >= 0.3 is 0 Å². The first-order chi connectivity index (χ1) is 18.6. The third kappa shape index (κ3) is 7.20. The van der Waals surface area contributed by atoms with E-state index in [1.165, 1.54) is 6.21 Å². The van der Waals surface area contributed by atoms with Crippen LogP contribution in [0.5, 0.6) is 0 Å². The predicted molar refractivity (Wildman–Crippen MR) is 158 cm³/mol. The number of allylic oxidation sites excluding steroid dienone is 2. The minimum atomic E-state index is -0.117. The van der Waals surface area contributed by atoms with Crippen LogP contribution in [0.3, 0.4) is 0 Å². The van der Waals surface area contributed by atoms with Gasteiger partial charge < -0.3 is 36.1 Å². The molecule has 1 saturated carbocycles. The van der Waals surface area contributed by atoms with E-state index in [4.69, 9.17) is 11.1 Å². The van der Waals surface area contributed by atoms with Crippen molar-refractivity contribution in [2.75, 3.05) is 45.6 Å². The summed E-state index contributed by atoms with van der Waals surface area (Å²) in [5, 5.41) is 14.2. The van der Waals surface area contributed by atoms with Crippen LogP contribution in [0, 0.1) is 5.41 Å². The van der Waals surface area contributed by atoms with E-state index in [1.54, 1.807) is 43.3 Å². The summed E-state index contributed by atoms with van der Waals surface area (Å²) in [6, 6.07) is 2.37. The van der Waals surface area contributed by atoms with E-state index < -0.39 is 0 Å². The molecule has 0 radical (unpaired) electrons. The molecule has 2 heterocycles. The number of amides is 2. The Bertz CT molecular complexity index is 1150. The highest BCUT2D eigenvalue weighted by atomic mass is 16.2. The van der Waals surface area contributed by atoms with Crippen molar-refractivity contribution >= 4 is 23.8 Å². The molecule has 0 atom stereocenters. The zero-order chi connectivity index (χ0) is 28.7. The summed E-state index contributed by atoms with van der Waals surface area (Å²) in [6.07, 6.45) is 10.2. The van der Waals surface area contributed by atoms with Gasteiger partial charge in [-0.25, -0.2) is 0 Å². The van der Waals surface area contributed by atoms with Crippen molar-refractivity contribution < 1.29 is 9.59 Å². The summed E-state index contributed by atoms with van der Waals surface area (Å²) in [5.74, 6) is 1.11. The minimum Gasteiger partial charge on any atom is -0.385 e. The molecule has 39 heavy (non-hydrogen) atoms. The summed E-state index contributed by atoms with van der Waals surface area (Å²) in [5.41, 5.74) is 7.80. The second-order valence-electron chi connectivity index (χ2n) is 10.6. The summed E-state index contributed by atoms with van der Waals surface area (Å²) >= 11 is 0. The molecule has 2 aliphatic rings. The lowest BCUT2D eigenvalue weighted by Gasteiger charge is -2.37. The Kier molecular flexibility index (Phi) is 10.2. The van der Waals surface area contributed by atoms with Crippen molar-refractivity contribution in [2.24, 2.45) is 5.73 Å². The smallest absolute Gasteiger partial charge is 0.270 e. The number of piperazine rings is 1. The second-order valence-corrected chi connectivity index (χ2v) is 10.6. The van der Waals surface area contributed by atoms with Gasteiger partial charge in [-0.05, 0) is 44.9 Å². The first-order valence-corrected chi connectivity index (χ1v) is 13.6. The fourth-order valence-corrected chi connectivity index (χ4v) is 5.14. The largest absolute Gasteiger partial charge is 0.385 e. The van der Waals surface area contributed by atoms with Crippen LogP contribution in [0.2, 0.25) is 0 Å². The SMILES string of the molecule is C=C/C(=C\C=C(/N)NC(=C)Nc1c(C=N)cc(C(=O)N(C)C)n1C1CCCC1)C(=O)N1CCN(C(C)C)CC1. The Hall–Kier alpha value is -3.79. The number of hydrogen-bond acceptors (Lipinski definition) is 7. The number of anilines is 1. The van der Waals surface area contributed by atoms with Crippen molar-refractivity contribution in [3.63, 3.8) is 0 Å². The first-order valence-electron chi connectivity index (χ1n) is 13.6. The molecule has 10 nitrogen and oxygen atoms in total. The third-order valence-corrected chi connectivity index (χ3v) is 7.34. The van der Waals surface area contributed by atoms with Crippen molar-refractivity contribution in [3.05, 3.63) is 65.9 Å². The number of nitrogens with zero attached hydrogens (tertiary/aromatic N) is 4. The normalized spacial score (nSPS) is 17.3. The van der Waals surface area contributed by atoms with Crippen LogP contribution in [-0.2, 0) is 4.79 Å². The van der Waals surface area contributed by atoms with Gasteiger partial charge in [-0.15, -0.1) is 0 Å². The number of nitrogens with two attached hydrogens (primary N) is 1. The summed E-state index contributed by atoms with van der Waals surface area (Å²) in [7, 11) is 3.44. The van der Waals surface area contributed by atoms with Crippen LogP contribution >= 0.6 is 0 Å². The minimum absolute atomic E-state index is 0.0717. The number of aromatic nitrogens is 1. The lowest BCUT2D eigenvalue weighted by atomic mass is 10.1. The molecular weight excluding hydrogens is 492 g/mol. The van der Waals surface area contributed by atoms with E-state index in [-0.39, 0.29) is 23.7 Å². The van der Waals surface area contributed by atoms with Crippen molar-refractivity contribution in [1.82, 2.24) is 24.6 Å². The number of carbonyl (C=O) groups is 2. The Labute approximate surface area is 232 Å². The van der Waals surface area contributed by atoms with E-state index in [9.17, 15) is 9.59 Å². The molecule has 0 aromatic carbocycles. The molecular formula is C29H44N8O2. The molecule has 0 unspecified atom stereocenters. The Morgan fingerprint density at radius 3 is 2.33 bits per heavy atom. The average molecular weight is 537 g/mol. The van der Waals surface area contributed by atoms with Crippen LogP contribution in [-0.4, -0.2) is 83.6 Å². The Morgan fingerprint density at radius 1 is 1.15 bits per heavy atom. The molecule has 1 aliphatic carbocycles. The van der Waals surface area contributed by atoms with Crippen LogP contribution in [0.4, 0.5) is 5.82 Å². The molecule has 1 aromatic heterocycles. The molecule has 5 N–H and O–H groups in total. The topological polar surface area (TPSA) is 123 Å². The van der Waals surface area contributed by atoms with Crippen LogP contribution in [0.25, 0.3) is 0 Å². The fourth-order valence-electron chi connectivity index (χ4n) is 5.14. The second kappa shape index (κ2) is 13.3. The molecule has 0 bridgehead atoms. The Morgan fingerprint density at radius 2 is 1.79 bits per heavy atom. The molecule has 1 saturated heterocycles. The van der Waals surface area contributed by atoms with Crippen LogP contribution in [0.1, 0.15) is 61.6 Å². The van der Waals surface area contributed by atoms with E-state index in [2.05, 4.69) is 42.5 Å². The van der Waals surface area contributed by atoms with Gasteiger partial charge in [0.25, 0.3) is 11.8 Å². The van der Waals surface area contributed by atoms with Gasteiger partial charge in [-0.2, -0.15) is 0 Å². The molecule has 10 heteroatoms. The monoisotopic (exact) mass is 536 g/mol. The van der Waals surface area contributed by atoms with E-state index >= 15 is 0 Å². The molecule has 3 rings (SSSR count). The molecule has 212 valence electrons. The zero-order valence-corrected chi connectivity index (χ0v) is 23.8. The highest BCUT2D eigenvalue weighted by Gasteiger charge is 2.28. The first kappa shape index (κ1) is 29.8. The highest BCUT2D eigenvalue weighted by Crippen LogP contribution is 2.36. The summed E-state index contributed by atoms with van der Waals surface area (Å²) < 4.78 is 2.00. The number of carbonyl (C=O) groups excluding carboxylic acids is 2. The highest BCUT2D eigenvalue weighted by molar-refractivity contribution is 5.98. The maximum absolute atomic E-state index is 13.0. The molecule has 1 aliphatic heterocycles. The lowest BCUT2D eigenvalue weighted by Crippen LogP contribution is -2.50. The average Bonchev–Trinajstić information content (AvgIpc) is 3.56. The van der Waals surface area contributed by atoms with Gasteiger partial charge in [0, 0.05) is 69.7 Å². The van der Waals surface area contributed by atoms with Gasteiger partial charge in [-0.3, -0.25) is 14.5 Å². The van der Waals surface area contributed by atoms with E-state index in [0.29, 0.717) is 47.6 Å². The zero-order valence-electron chi connectivity index (χ0n) is 23.8. The summed E-state index contributed by atoms with van der Waals surface area (Å²) in [4.78, 5) is 31.7. The van der Waals surface area contributed by atoms with Gasteiger partial charge in [0.05, 0.1) is 0 Å². The number of rotatable bonds is 11. The molecule has 1 aromatic rings. The third-order valence-electron chi connectivity index (χ3n) is 7.34. The van der Waals surface area contributed by atoms with Crippen molar-refractivity contribution in [1.29, 1.82) is 5.41 Å². The maximum atomic E-state index is 13.0. The number of hydrogen-bond donors (Lipinski definition) is 4.